The van der Waals surface area contributed by atoms with Gasteiger partial charge in [0.05, 0.1) is 6.54 Å². The van der Waals surface area contributed by atoms with Crippen LogP contribution < -0.4 is 11.1 Å². The Balaban J connectivity index is 0.00000441. The minimum atomic E-state index is 0. The molecule has 0 fully saturated rings. The number of nitrogens with zero attached hydrogens (tertiary/aromatic N) is 2. The van der Waals surface area contributed by atoms with Crippen LogP contribution in [0.1, 0.15) is 46.1 Å². The molecule has 4 nitrogen and oxygen atoms in total. The second kappa shape index (κ2) is 10.8. The van der Waals surface area contributed by atoms with E-state index in [4.69, 9.17) is 5.73 Å². The summed E-state index contributed by atoms with van der Waals surface area (Å²) in [4.78, 5) is 6.82. The van der Waals surface area contributed by atoms with Crippen LogP contribution in [-0.4, -0.2) is 36.5 Å². The molecule has 0 radical (unpaired) electrons. The van der Waals surface area contributed by atoms with E-state index in [0.717, 1.165) is 18.8 Å². The number of nitrogens with one attached hydrogen (secondary N) is 1. The third-order valence-corrected chi connectivity index (χ3v) is 3.79. The first-order valence-electron chi connectivity index (χ1n) is 7.88. The molecule has 1 rings (SSSR count). The lowest BCUT2D eigenvalue weighted by Crippen LogP contribution is -2.36. The second-order valence-electron chi connectivity index (χ2n) is 5.70. The summed E-state index contributed by atoms with van der Waals surface area (Å²) in [5.41, 5.74) is 8.28. The van der Waals surface area contributed by atoms with Gasteiger partial charge in [-0.2, -0.15) is 0 Å². The number of likely N-dealkylation sites (N-methyl/N-ethyl adjacent to an activating group) is 1. The molecule has 0 aliphatic carbocycles. The molecule has 22 heavy (non-hydrogen) atoms. The smallest absolute Gasteiger partial charge is 0.193 e. The lowest BCUT2D eigenvalue weighted by atomic mass is 10.0. The Bertz CT molecular complexity index is 456. The predicted molar refractivity (Wildman–Crippen MR) is 108 cm³/mol. The zero-order chi connectivity index (χ0) is 15.8. The molecule has 0 heterocycles. The molecular weight excluding hydrogens is 387 g/mol. The average Bonchev–Trinajstić information content (AvgIpc) is 2.46. The van der Waals surface area contributed by atoms with Crippen LogP contribution in [0.15, 0.2) is 29.3 Å². The maximum absolute atomic E-state index is 5.98. The number of rotatable bonds is 7. The Morgan fingerprint density at radius 2 is 1.86 bits per heavy atom. The van der Waals surface area contributed by atoms with Crippen LogP contribution in [0.25, 0.3) is 0 Å². The summed E-state index contributed by atoms with van der Waals surface area (Å²) in [7, 11) is 0. The third-order valence-electron chi connectivity index (χ3n) is 3.79. The highest BCUT2D eigenvalue weighted by Gasteiger charge is 2.09. The molecule has 126 valence electrons. The van der Waals surface area contributed by atoms with Gasteiger partial charge in [0.15, 0.2) is 5.96 Å². The summed E-state index contributed by atoms with van der Waals surface area (Å²) in [5.74, 6) is 0.988. The number of hydrogen-bond acceptors (Lipinski definition) is 2. The summed E-state index contributed by atoms with van der Waals surface area (Å²) in [5, 5.41) is 3.18. The number of anilines is 1. The van der Waals surface area contributed by atoms with Gasteiger partial charge in [0.1, 0.15) is 0 Å². The maximum atomic E-state index is 5.98. The Labute approximate surface area is 152 Å². The molecule has 1 atom stereocenters. The molecule has 0 aliphatic heterocycles. The van der Waals surface area contributed by atoms with E-state index >= 15 is 0 Å². The molecule has 0 amide bonds. The third kappa shape index (κ3) is 6.96. The van der Waals surface area contributed by atoms with Crippen molar-refractivity contribution in [3.8, 4) is 0 Å². The van der Waals surface area contributed by atoms with Crippen molar-refractivity contribution >= 4 is 35.6 Å². The molecule has 1 aromatic rings. The number of hydrogen-bond donors (Lipinski definition) is 2. The Morgan fingerprint density at radius 1 is 1.23 bits per heavy atom. The lowest BCUT2D eigenvalue weighted by molar-refractivity contribution is 0.237. The van der Waals surface area contributed by atoms with Crippen LogP contribution in [-0.2, 0) is 0 Å². The lowest BCUT2D eigenvalue weighted by Gasteiger charge is -2.24. The number of halogens is 1. The second-order valence-corrected chi connectivity index (χ2v) is 5.70. The first-order valence-corrected chi connectivity index (χ1v) is 7.88. The van der Waals surface area contributed by atoms with Crippen molar-refractivity contribution in [2.75, 3.05) is 25.0 Å². The molecule has 0 spiro atoms. The molecule has 0 bridgehead atoms. The van der Waals surface area contributed by atoms with Crippen LogP contribution in [0.5, 0.6) is 0 Å². The SMILES string of the molecule is CCN(CC)C(C)CN=C(N)Nc1cccc(C(C)C)c1.I. The van der Waals surface area contributed by atoms with Crippen LogP contribution >= 0.6 is 24.0 Å². The highest BCUT2D eigenvalue weighted by atomic mass is 127. The fourth-order valence-electron chi connectivity index (χ4n) is 2.36. The van der Waals surface area contributed by atoms with E-state index < -0.39 is 0 Å². The normalized spacial score (nSPS) is 13.1. The molecule has 0 aliphatic rings. The standard InChI is InChI=1S/C17H30N4.HI/c1-6-21(7-2)14(5)12-19-17(18)20-16-10-8-9-15(11-16)13(3)4;/h8-11,13-14H,6-7,12H2,1-5H3,(H3,18,19,20);1H. The predicted octanol–water partition coefficient (Wildman–Crippen LogP) is 3.88. The molecule has 0 aromatic heterocycles. The van der Waals surface area contributed by atoms with Crippen molar-refractivity contribution in [3.63, 3.8) is 0 Å². The monoisotopic (exact) mass is 418 g/mol. The minimum Gasteiger partial charge on any atom is -0.370 e. The fourth-order valence-corrected chi connectivity index (χ4v) is 2.36. The van der Waals surface area contributed by atoms with Gasteiger partial charge in [0.2, 0.25) is 0 Å². The number of benzene rings is 1. The largest absolute Gasteiger partial charge is 0.370 e. The van der Waals surface area contributed by atoms with Gasteiger partial charge in [-0.1, -0.05) is 39.8 Å². The number of guanidine groups is 1. The van der Waals surface area contributed by atoms with E-state index in [2.05, 4.69) is 62.0 Å². The van der Waals surface area contributed by atoms with Crippen molar-refractivity contribution in [2.45, 2.75) is 46.6 Å². The van der Waals surface area contributed by atoms with Crippen molar-refractivity contribution < 1.29 is 0 Å². The molecular formula is C17H31IN4. The van der Waals surface area contributed by atoms with Crippen molar-refractivity contribution in [2.24, 2.45) is 10.7 Å². The minimum absolute atomic E-state index is 0. The van der Waals surface area contributed by atoms with Gasteiger partial charge in [-0.25, -0.2) is 0 Å². The van der Waals surface area contributed by atoms with E-state index in [9.17, 15) is 0 Å². The number of aliphatic imine (C=N–C) groups is 1. The fraction of sp³-hybridized carbons (Fsp3) is 0.588. The van der Waals surface area contributed by atoms with Gasteiger partial charge in [0.25, 0.3) is 0 Å². The quantitative estimate of drug-likeness (QED) is 0.402. The topological polar surface area (TPSA) is 53.6 Å². The van der Waals surface area contributed by atoms with Crippen LogP contribution in [0.4, 0.5) is 5.69 Å². The van der Waals surface area contributed by atoms with Crippen molar-refractivity contribution in [1.82, 2.24) is 4.90 Å². The molecule has 0 saturated carbocycles. The summed E-state index contributed by atoms with van der Waals surface area (Å²) in [6.45, 7) is 13.7. The first kappa shape index (κ1) is 21.2. The Hall–Kier alpha value is -0.820. The summed E-state index contributed by atoms with van der Waals surface area (Å²) in [6.07, 6.45) is 0. The Kier molecular flexibility index (Phi) is 10.4. The van der Waals surface area contributed by atoms with Gasteiger partial charge < -0.3 is 11.1 Å². The maximum Gasteiger partial charge on any atom is 0.193 e. The average molecular weight is 418 g/mol. The van der Waals surface area contributed by atoms with Crippen LogP contribution in [0, 0.1) is 0 Å². The zero-order valence-electron chi connectivity index (χ0n) is 14.5. The molecule has 0 saturated heterocycles. The van der Waals surface area contributed by atoms with Crippen LogP contribution in [0.2, 0.25) is 0 Å². The summed E-state index contributed by atoms with van der Waals surface area (Å²) < 4.78 is 0. The Morgan fingerprint density at radius 3 is 2.41 bits per heavy atom. The van der Waals surface area contributed by atoms with Gasteiger partial charge in [-0.3, -0.25) is 9.89 Å². The molecule has 3 N–H and O–H groups in total. The van der Waals surface area contributed by atoms with E-state index in [1.54, 1.807) is 0 Å². The van der Waals surface area contributed by atoms with Crippen LogP contribution in [0.3, 0.4) is 0 Å². The molecule has 1 unspecified atom stereocenters. The summed E-state index contributed by atoms with van der Waals surface area (Å²) in [6, 6.07) is 8.72. The van der Waals surface area contributed by atoms with E-state index in [1.165, 1.54) is 5.56 Å². The number of nitrogens with two attached hydrogens (primary N) is 1. The van der Waals surface area contributed by atoms with Gasteiger partial charge in [-0.05, 0) is 43.6 Å². The highest BCUT2D eigenvalue weighted by molar-refractivity contribution is 14.0. The van der Waals surface area contributed by atoms with Crippen molar-refractivity contribution in [3.05, 3.63) is 29.8 Å². The molecule has 1 aromatic carbocycles. The van der Waals surface area contributed by atoms with E-state index in [1.807, 2.05) is 12.1 Å². The summed E-state index contributed by atoms with van der Waals surface area (Å²) >= 11 is 0. The van der Waals surface area contributed by atoms with Gasteiger partial charge in [0, 0.05) is 11.7 Å². The van der Waals surface area contributed by atoms with E-state index in [0.29, 0.717) is 24.5 Å². The highest BCUT2D eigenvalue weighted by Crippen LogP contribution is 2.18. The first-order chi connectivity index (χ1) is 9.97. The zero-order valence-corrected chi connectivity index (χ0v) is 16.8. The van der Waals surface area contributed by atoms with E-state index in [-0.39, 0.29) is 24.0 Å². The van der Waals surface area contributed by atoms with Gasteiger partial charge in [-0.15, -0.1) is 24.0 Å². The van der Waals surface area contributed by atoms with Gasteiger partial charge >= 0.3 is 0 Å². The van der Waals surface area contributed by atoms with Crippen molar-refractivity contribution in [1.29, 1.82) is 0 Å². The molecule has 5 heteroatoms.